The molecule has 0 radical (unpaired) electrons. The lowest BCUT2D eigenvalue weighted by atomic mass is 10.3. The van der Waals surface area contributed by atoms with Gasteiger partial charge >= 0.3 is 0 Å². The van der Waals surface area contributed by atoms with Crippen LogP contribution in [0.3, 0.4) is 0 Å². The molecule has 5 nitrogen and oxygen atoms in total. The van der Waals surface area contributed by atoms with Crippen LogP contribution in [0.1, 0.15) is 5.69 Å². The Bertz CT molecular complexity index is 736. The molecule has 0 fully saturated rings. The van der Waals surface area contributed by atoms with Crippen molar-refractivity contribution in [3.8, 4) is 6.07 Å². The normalized spacial score (nSPS) is 10.7. The Morgan fingerprint density at radius 3 is 2.53 bits per heavy atom. The predicted molar refractivity (Wildman–Crippen MR) is 73.9 cm³/mol. The van der Waals surface area contributed by atoms with E-state index in [2.05, 4.69) is 25.6 Å². The highest BCUT2D eigenvalue weighted by atomic mass is 79.9. The van der Waals surface area contributed by atoms with Crippen molar-refractivity contribution in [1.29, 1.82) is 5.26 Å². The van der Waals surface area contributed by atoms with E-state index in [1.165, 1.54) is 18.3 Å². The van der Waals surface area contributed by atoms with E-state index >= 15 is 0 Å². The largest absolute Gasteiger partial charge is 0.280 e. The van der Waals surface area contributed by atoms with Crippen LogP contribution in [0.2, 0.25) is 0 Å². The van der Waals surface area contributed by atoms with Gasteiger partial charge in [0, 0.05) is 16.4 Å². The highest BCUT2D eigenvalue weighted by Gasteiger charge is 2.19. The van der Waals surface area contributed by atoms with Crippen LogP contribution in [0, 0.1) is 11.3 Å². The van der Waals surface area contributed by atoms with Crippen LogP contribution in [-0.4, -0.2) is 13.4 Å². The first-order valence-electron chi connectivity index (χ1n) is 5.16. The minimum atomic E-state index is -3.82. The van der Waals surface area contributed by atoms with Gasteiger partial charge in [0.1, 0.15) is 11.0 Å². The molecule has 0 bridgehead atoms. The third-order valence-corrected chi connectivity index (χ3v) is 4.20. The van der Waals surface area contributed by atoms with Gasteiger partial charge in [-0.25, -0.2) is 13.4 Å². The number of nitriles is 1. The van der Waals surface area contributed by atoms with Gasteiger partial charge in [0.05, 0.1) is 0 Å². The molecule has 0 aliphatic rings. The molecule has 2 rings (SSSR count). The van der Waals surface area contributed by atoms with Gasteiger partial charge in [-0.2, -0.15) is 5.26 Å². The molecule has 0 unspecified atom stereocenters. The van der Waals surface area contributed by atoms with E-state index in [0.29, 0.717) is 5.69 Å². The van der Waals surface area contributed by atoms with Crippen LogP contribution in [-0.2, 0) is 10.0 Å². The molecule has 1 heterocycles. The summed E-state index contributed by atoms with van der Waals surface area (Å²) in [5.74, 6) is 0. The van der Waals surface area contributed by atoms with Crippen LogP contribution in [0.15, 0.2) is 52.0 Å². The van der Waals surface area contributed by atoms with Crippen LogP contribution in [0.25, 0.3) is 0 Å². The Kier molecular flexibility index (Phi) is 3.83. The summed E-state index contributed by atoms with van der Waals surface area (Å²) in [5.41, 5.74) is 0.281. The molecule has 1 N–H and O–H groups in total. The van der Waals surface area contributed by atoms with Crippen molar-refractivity contribution < 1.29 is 8.42 Å². The SMILES string of the molecule is N#Cc1ncccc1S(=O)(=O)Nc1ccc(Br)cc1. The van der Waals surface area contributed by atoms with Crippen molar-refractivity contribution in [3.63, 3.8) is 0 Å². The smallest absolute Gasteiger partial charge is 0.264 e. The van der Waals surface area contributed by atoms with Crippen molar-refractivity contribution in [1.82, 2.24) is 4.98 Å². The first-order chi connectivity index (χ1) is 9.03. The number of hydrogen-bond acceptors (Lipinski definition) is 4. The molecule has 1 aromatic heterocycles. The lowest BCUT2D eigenvalue weighted by molar-refractivity contribution is 0.600. The summed E-state index contributed by atoms with van der Waals surface area (Å²) in [6.07, 6.45) is 1.37. The first kappa shape index (κ1) is 13.5. The maximum atomic E-state index is 12.2. The quantitative estimate of drug-likeness (QED) is 0.932. The summed E-state index contributed by atoms with van der Waals surface area (Å²) in [7, 11) is -3.82. The molecular formula is C12H8BrN3O2S. The van der Waals surface area contributed by atoms with Gasteiger partial charge in [0.25, 0.3) is 10.0 Å². The van der Waals surface area contributed by atoms with Gasteiger partial charge in [-0.15, -0.1) is 0 Å². The molecule has 0 amide bonds. The number of hydrogen-bond donors (Lipinski definition) is 1. The van der Waals surface area contributed by atoms with Gasteiger partial charge in [-0.05, 0) is 36.4 Å². The van der Waals surface area contributed by atoms with Crippen LogP contribution in [0.5, 0.6) is 0 Å². The lowest BCUT2D eigenvalue weighted by Crippen LogP contribution is -2.14. The number of pyridine rings is 1. The van der Waals surface area contributed by atoms with Crippen LogP contribution in [0.4, 0.5) is 5.69 Å². The Morgan fingerprint density at radius 2 is 1.89 bits per heavy atom. The fourth-order valence-corrected chi connectivity index (χ4v) is 2.85. The summed E-state index contributed by atoms with van der Waals surface area (Å²) >= 11 is 3.26. The second-order valence-corrected chi connectivity index (χ2v) is 6.14. The molecule has 0 aliphatic heterocycles. The van der Waals surface area contributed by atoms with E-state index < -0.39 is 10.0 Å². The van der Waals surface area contributed by atoms with Crippen molar-refractivity contribution in [2.75, 3.05) is 4.72 Å². The summed E-state index contributed by atoms with van der Waals surface area (Å²) in [6, 6.07) is 11.2. The third-order valence-electron chi connectivity index (χ3n) is 2.26. The zero-order chi connectivity index (χ0) is 13.9. The molecule has 0 spiro atoms. The average Bonchev–Trinajstić information content (AvgIpc) is 2.41. The van der Waals surface area contributed by atoms with Crippen molar-refractivity contribution in [2.24, 2.45) is 0 Å². The van der Waals surface area contributed by atoms with Gasteiger partial charge < -0.3 is 0 Å². The molecule has 1 aromatic carbocycles. The Morgan fingerprint density at radius 1 is 1.21 bits per heavy atom. The molecule has 0 saturated heterocycles. The number of sulfonamides is 1. The number of nitrogens with one attached hydrogen (secondary N) is 1. The molecule has 0 aliphatic carbocycles. The fourth-order valence-electron chi connectivity index (χ4n) is 1.42. The fraction of sp³-hybridized carbons (Fsp3) is 0. The van der Waals surface area contributed by atoms with Crippen molar-refractivity contribution in [2.45, 2.75) is 4.90 Å². The summed E-state index contributed by atoms with van der Waals surface area (Å²) in [4.78, 5) is 3.59. The topological polar surface area (TPSA) is 82.8 Å². The number of halogens is 1. The van der Waals surface area contributed by atoms with Gasteiger partial charge in [-0.3, -0.25) is 4.72 Å². The summed E-state index contributed by atoms with van der Waals surface area (Å²) in [5, 5.41) is 8.87. The highest BCUT2D eigenvalue weighted by Crippen LogP contribution is 2.19. The second-order valence-electron chi connectivity index (χ2n) is 3.57. The molecule has 0 saturated carbocycles. The van der Waals surface area contributed by atoms with Crippen LogP contribution >= 0.6 is 15.9 Å². The van der Waals surface area contributed by atoms with Gasteiger partial charge in [0.15, 0.2) is 5.69 Å². The van der Waals surface area contributed by atoms with E-state index in [9.17, 15) is 8.42 Å². The minimum absolute atomic E-state index is 0.132. The number of benzene rings is 1. The maximum absolute atomic E-state index is 12.2. The second kappa shape index (κ2) is 5.38. The lowest BCUT2D eigenvalue weighted by Gasteiger charge is -2.08. The summed E-state index contributed by atoms with van der Waals surface area (Å²) < 4.78 is 27.5. The monoisotopic (exact) mass is 337 g/mol. The first-order valence-corrected chi connectivity index (χ1v) is 7.44. The molecule has 7 heteroatoms. The van der Waals surface area contributed by atoms with E-state index in [4.69, 9.17) is 5.26 Å². The number of aromatic nitrogens is 1. The maximum Gasteiger partial charge on any atom is 0.264 e. The van der Waals surface area contributed by atoms with E-state index in [0.717, 1.165) is 4.47 Å². The summed E-state index contributed by atoms with van der Waals surface area (Å²) in [6.45, 7) is 0. The average molecular weight is 338 g/mol. The Balaban J connectivity index is 2.38. The molecule has 2 aromatic rings. The molecule has 0 atom stereocenters. The van der Waals surface area contributed by atoms with E-state index in [1.807, 2.05) is 0 Å². The molecule has 19 heavy (non-hydrogen) atoms. The standard InChI is InChI=1S/C12H8BrN3O2S/c13-9-3-5-10(6-4-9)16-19(17,18)12-2-1-7-15-11(12)8-14/h1-7,16H. The zero-order valence-electron chi connectivity index (χ0n) is 9.54. The zero-order valence-corrected chi connectivity index (χ0v) is 11.9. The van der Waals surface area contributed by atoms with Crippen molar-refractivity contribution in [3.05, 3.63) is 52.8 Å². The number of rotatable bonds is 3. The van der Waals surface area contributed by atoms with Crippen molar-refractivity contribution >= 4 is 31.6 Å². The Labute approximate surface area is 119 Å². The molecule has 96 valence electrons. The van der Waals surface area contributed by atoms with Crippen LogP contribution < -0.4 is 4.72 Å². The third kappa shape index (κ3) is 3.10. The number of anilines is 1. The Hall–Kier alpha value is -1.91. The van der Waals surface area contributed by atoms with Gasteiger partial charge in [-0.1, -0.05) is 15.9 Å². The minimum Gasteiger partial charge on any atom is -0.280 e. The van der Waals surface area contributed by atoms with Gasteiger partial charge in [0.2, 0.25) is 0 Å². The van der Waals surface area contributed by atoms with E-state index in [1.54, 1.807) is 30.3 Å². The highest BCUT2D eigenvalue weighted by molar-refractivity contribution is 9.10. The van der Waals surface area contributed by atoms with E-state index in [-0.39, 0.29) is 10.6 Å². The number of nitrogens with zero attached hydrogens (tertiary/aromatic N) is 2. The molecular weight excluding hydrogens is 330 g/mol. The predicted octanol–water partition coefficient (Wildman–Crippen LogP) is 2.52.